The number of hydrogen-bond acceptors (Lipinski definition) is 7. The van der Waals surface area contributed by atoms with E-state index in [9.17, 15) is 14.7 Å². The number of carbonyl (C=O) groups is 1. The molecule has 0 amide bonds. The number of carbonyl (C=O) groups excluding carboxylic acids is 1. The molecule has 1 aliphatic rings. The molecule has 1 aromatic heterocycles. The fourth-order valence-electron chi connectivity index (χ4n) is 3.78. The van der Waals surface area contributed by atoms with E-state index in [1.165, 1.54) is 11.3 Å². The Morgan fingerprint density at radius 3 is 2.59 bits per heavy atom. The second kappa shape index (κ2) is 10.1. The summed E-state index contributed by atoms with van der Waals surface area (Å²) in [5, 5.41) is 9.81. The zero-order valence-corrected chi connectivity index (χ0v) is 21.8. The van der Waals surface area contributed by atoms with E-state index in [-0.39, 0.29) is 17.9 Å². The van der Waals surface area contributed by atoms with E-state index in [1.54, 1.807) is 42.7 Å². The number of phenols is 1. The van der Waals surface area contributed by atoms with Crippen LogP contribution in [-0.4, -0.2) is 28.9 Å². The number of phenolic OH excluding ortho intramolecular Hbond substituents is 1. The van der Waals surface area contributed by atoms with Gasteiger partial charge in [-0.05, 0) is 84.8 Å². The molecule has 4 rings (SSSR count). The zero-order chi connectivity index (χ0) is 24.4. The number of halogens is 1. The Kier molecular flexibility index (Phi) is 7.22. The fourth-order valence-corrected chi connectivity index (χ4v) is 5.37. The summed E-state index contributed by atoms with van der Waals surface area (Å²) in [6.45, 7) is 6.17. The van der Waals surface area contributed by atoms with Gasteiger partial charge >= 0.3 is 5.97 Å². The van der Waals surface area contributed by atoms with Crippen molar-refractivity contribution in [2.75, 3.05) is 13.2 Å². The number of aromatic hydroxyl groups is 1. The minimum Gasteiger partial charge on any atom is -0.507 e. The molecule has 0 bridgehead atoms. The van der Waals surface area contributed by atoms with Crippen molar-refractivity contribution in [3.05, 3.63) is 88.1 Å². The van der Waals surface area contributed by atoms with Gasteiger partial charge in [-0.1, -0.05) is 29.5 Å². The lowest BCUT2D eigenvalue weighted by molar-refractivity contribution is -0.139. The summed E-state index contributed by atoms with van der Waals surface area (Å²) in [5.74, 6) is 0.397. The number of hydrogen-bond donors (Lipinski definition) is 1. The van der Waals surface area contributed by atoms with Crippen molar-refractivity contribution in [2.24, 2.45) is 4.99 Å². The highest BCUT2D eigenvalue weighted by molar-refractivity contribution is 14.1. The SMILES string of the molecule is CCOC(=O)C1=C(C)N=c2s/c(=C\c3ccc(O)c(I)c3)c(=O)n2[C@@H]1c1ccc(OCC)cc1. The van der Waals surface area contributed by atoms with Gasteiger partial charge in [0, 0.05) is 0 Å². The number of esters is 1. The Hall–Kier alpha value is -2.92. The fraction of sp³-hybridized carbons (Fsp3) is 0.240. The molecule has 1 N–H and O–H groups in total. The van der Waals surface area contributed by atoms with Crippen molar-refractivity contribution in [1.82, 2.24) is 4.57 Å². The van der Waals surface area contributed by atoms with E-state index >= 15 is 0 Å². The maximum atomic E-state index is 13.6. The number of aromatic nitrogens is 1. The van der Waals surface area contributed by atoms with Crippen LogP contribution >= 0.6 is 33.9 Å². The topological polar surface area (TPSA) is 90.1 Å². The van der Waals surface area contributed by atoms with Crippen LogP contribution in [-0.2, 0) is 9.53 Å². The summed E-state index contributed by atoms with van der Waals surface area (Å²) in [4.78, 5) is 31.6. The van der Waals surface area contributed by atoms with Gasteiger partial charge in [0.05, 0.1) is 38.6 Å². The first kappa shape index (κ1) is 24.2. The summed E-state index contributed by atoms with van der Waals surface area (Å²) in [6.07, 6.45) is 1.77. The molecule has 0 spiro atoms. The van der Waals surface area contributed by atoms with E-state index in [0.29, 0.717) is 36.5 Å². The van der Waals surface area contributed by atoms with Crippen LogP contribution < -0.4 is 19.6 Å². The number of thiazole rings is 1. The Bertz CT molecular complexity index is 1450. The van der Waals surface area contributed by atoms with Crippen LogP contribution in [0.3, 0.4) is 0 Å². The maximum absolute atomic E-state index is 13.6. The Labute approximate surface area is 213 Å². The third-order valence-electron chi connectivity index (χ3n) is 5.29. The van der Waals surface area contributed by atoms with Gasteiger partial charge < -0.3 is 14.6 Å². The third-order valence-corrected chi connectivity index (χ3v) is 7.14. The van der Waals surface area contributed by atoms with Crippen LogP contribution in [0.15, 0.2) is 63.5 Å². The van der Waals surface area contributed by atoms with Crippen LogP contribution in [0, 0.1) is 3.57 Å². The highest BCUT2D eigenvalue weighted by Crippen LogP contribution is 2.31. The van der Waals surface area contributed by atoms with Gasteiger partial charge in [-0.3, -0.25) is 9.36 Å². The molecular formula is C25H23IN2O5S. The summed E-state index contributed by atoms with van der Waals surface area (Å²) >= 11 is 3.30. The molecule has 0 saturated heterocycles. The average Bonchev–Trinajstić information content (AvgIpc) is 3.10. The smallest absolute Gasteiger partial charge is 0.338 e. The molecule has 3 aromatic rings. The van der Waals surface area contributed by atoms with E-state index in [0.717, 1.165) is 11.1 Å². The molecular weight excluding hydrogens is 567 g/mol. The van der Waals surface area contributed by atoms with Crippen LogP contribution in [0.2, 0.25) is 0 Å². The molecule has 2 aromatic carbocycles. The number of rotatable bonds is 6. The van der Waals surface area contributed by atoms with Crippen molar-refractivity contribution in [3.8, 4) is 11.5 Å². The summed E-state index contributed by atoms with van der Waals surface area (Å²) in [5.41, 5.74) is 2.15. The van der Waals surface area contributed by atoms with E-state index in [1.807, 2.05) is 53.8 Å². The van der Waals surface area contributed by atoms with Crippen molar-refractivity contribution in [2.45, 2.75) is 26.8 Å². The van der Waals surface area contributed by atoms with Gasteiger partial charge in [0.2, 0.25) is 0 Å². The molecule has 9 heteroatoms. The molecule has 1 aliphatic heterocycles. The van der Waals surface area contributed by atoms with Crippen LogP contribution in [0.5, 0.6) is 11.5 Å². The first-order valence-corrected chi connectivity index (χ1v) is 12.6. The molecule has 2 heterocycles. The normalized spacial score (nSPS) is 15.6. The zero-order valence-electron chi connectivity index (χ0n) is 18.9. The van der Waals surface area contributed by atoms with E-state index < -0.39 is 12.0 Å². The summed E-state index contributed by atoms with van der Waals surface area (Å²) < 4.78 is 13.6. The van der Waals surface area contributed by atoms with Crippen molar-refractivity contribution >= 4 is 46.0 Å². The number of ether oxygens (including phenoxy) is 2. The predicted molar refractivity (Wildman–Crippen MR) is 139 cm³/mol. The quantitative estimate of drug-likeness (QED) is 0.351. The van der Waals surface area contributed by atoms with Crippen LogP contribution in [0.1, 0.15) is 37.9 Å². The number of benzene rings is 2. The molecule has 0 unspecified atom stereocenters. The highest BCUT2D eigenvalue weighted by atomic mass is 127. The Morgan fingerprint density at radius 1 is 1.21 bits per heavy atom. The van der Waals surface area contributed by atoms with Gasteiger partial charge in [-0.15, -0.1) is 0 Å². The highest BCUT2D eigenvalue weighted by Gasteiger charge is 2.33. The van der Waals surface area contributed by atoms with Crippen molar-refractivity contribution in [3.63, 3.8) is 0 Å². The lowest BCUT2D eigenvalue weighted by Gasteiger charge is -2.24. The van der Waals surface area contributed by atoms with Crippen molar-refractivity contribution in [1.29, 1.82) is 0 Å². The standard InChI is InChI=1S/C25H23IN2O5S/c1-4-32-17-9-7-16(8-10-17)22-21(24(31)33-5-2)14(3)27-25-28(22)23(30)20(34-25)13-15-6-11-19(29)18(26)12-15/h6-13,22,29H,4-5H2,1-3H3/b20-13-/t22-/m1/s1. The second-order valence-corrected chi connectivity index (χ2v) is 9.69. The number of allylic oxidation sites excluding steroid dienone is 1. The number of fused-ring (bicyclic) bond motifs is 1. The molecule has 176 valence electrons. The van der Waals surface area contributed by atoms with Gasteiger partial charge in [0.25, 0.3) is 5.56 Å². The van der Waals surface area contributed by atoms with E-state index in [4.69, 9.17) is 9.47 Å². The van der Waals surface area contributed by atoms with Gasteiger partial charge in [0.15, 0.2) is 4.80 Å². The van der Waals surface area contributed by atoms with Gasteiger partial charge in [0.1, 0.15) is 11.5 Å². The van der Waals surface area contributed by atoms with Gasteiger partial charge in [-0.2, -0.15) is 0 Å². The summed E-state index contributed by atoms with van der Waals surface area (Å²) in [7, 11) is 0. The molecule has 0 aliphatic carbocycles. The molecule has 0 radical (unpaired) electrons. The lowest BCUT2D eigenvalue weighted by Crippen LogP contribution is -2.39. The third kappa shape index (κ3) is 4.67. The van der Waals surface area contributed by atoms with E-state index in [2.05, 4.69) is 4.99 Å². The minimum absolute atomic E-state index is 0.185. The molecule has 1 atom stereocenters. The Balaban J connectivity index is 1.91. The maximum Gasteiger partial charge on any atom is 0.338 e. The monoisotopic (exact) mass is 590 g/mol. The van der Waals surface area contributed by atoms with Crippen LogP contribution in [0.4, 0.5) is 0 Å². The molecule has 34 heavy (non-hydrogen) atoms. The summed E-state index contributed by atoms with van der Waals surface area (Å²) in [6, 6.07) is 11.8. The number of nitrogens with zero attached hydrogens (tertiary/aromatic N) is 2. The van der Waals surface area contributed by atoms with Gasteiger partial charge in [-0.25, -0.2) is 9.79 Å². The predicted octanol–water partition coefficient (Wildman–Crippen LogP) is 3.51. The first-order chi connectivity index (χ1) is 16.3. The molecule has 7 nitrogen and oxygen atoms in total. The van der Waals surface area contributed by atoms with Crippen molar-refractivity contribution < 1.29 is 19.4 Å². The average molecular weight is 590 g/mol. The second-order valence-electron chi connectivity index (χ2n) is 7.52. The first-order valence-electron chi connectivity index (χ1n) is 10.7. The van der Waals surface area contributed by atoms with Crippen LogP contribution in [0.25, 0.3) is 6.08 Å². The molecule has 0 fully saturated rings. The molecule has 0 saturated carbocycles. The Morgan fingerprint density at radius 2 is 1.94 bits per heavy atom. The minimum atomic E-state index is -0.673. The lowest BCUT2D eigenvalue weighted by atomic mass is 9.96. The largest absolute Gasteiger partial charge is 0.507 e.